The molecule has 124 valence electrons. The quantitative estimate of drug-likeness (QED) is 0.901. The second-order valence-corrected chi connectivity index (χ2v) is 6.83. The third kappa shape index (κ3) is 3.50. The van der Waals surface area contributed by atoms with Crippen LogP contribution in [0, 0.1) is 0 Å². The Hall–Kier alpha value is -2.00. The third-order valence-electron chi connectivity index (χ3n) is 3.43. The second kappa shape index (κ2) is 6.25. The van der Waals surface area contributed by atoms with Gasteiger partial charge in [0.15, 0.2) is 0 Å². The van der Waals surface area contributed by atoms with Crippen molar-refractivity contribution >= 4 is 10.0 Å². The van der Waals surface area contributed by atoms with Crippen molar-refractivity contribution in [2.45, 2.75) is 30.7 Å². The number of aromatic nitrogens is 1. The van der Waals surface area contributed by atoms with Crippen molar-refractivity contribution in [1.82, 2.24) is 9.88 Å². The Kier molecular flexibility index (Phi) is 4.31. The van der Waals surface area contributed by atoms with Gasteiger partial charge in [0, 0.05) is 6.07 Å². The lowest BCUT2D eigenvalue weighted by Gasteiger charge is -2.17. The molecule has 0 saturated heterocycles. The molecule has 0 aliphatic carbocycles. The van der Waals surface area contributed by atoms with Crippen LogP contribution in [0.4, 0.5) is 8.78 Å². The second-order valence-electron chi connectivity index (χ2n) is 5.07. The van der Waals surface area contributed by atoms with E-state index in [4.69, 9.17) is 4.74 Å². The van der Waals surface area contributed by atoms with E-state index in [1.165, 1.54) is 6.07 Å². The lowest BCUT2D eigenvalue weighted by Crippen LogP contribution is -2.23. The summed E-state index contributed by atoms with van der Waals surface area (Å²) in [4.78, 5) is 0.0966. The standard InChI is InChI=1S/C14H14F2N2O4S/c15-14(16)13-7-10(18-22-13)8-17-23(19,20)11-3-4-12-9(6-11)2-1-5-21-12/h3-4,6-7,14,17H,1-2,5,8H2. The van der Waals surface area contributed by atoms with E-state index in [1.54, 1.807) is 12.1 Å². The minimum atomic E-state index is -3.78. The van der Waals surface area contributed by atoms with E-state index in [2.05, 4.69) is 14.4 Å². The molecule has 0 fully saturated rings. The molecule has 9 heteroatoms. The van der Waals surface area contributed by atoms with Gasteiger partial charge in [-0.05, 0) is 36.6 Å². The number of rotatable bonds is 5. The summed E-state index contributed by atoms with van der Waals surface area (Å²) >= 11 is 0. The van der Waals surface area contributed by atoms with Gasteiger partial charge >= 0.3 is 0 Å². The van der Waals surface area contributed by atoms with Crippen molar-refractivity contribution in [1.29, 1.82) is 0 Å². The lowest BCUT2D eigenvalue weighted by atomic mass is 10.1. The highest BCUT2D eigenvalue weighted by atomic mass is 32.2. The van der Waals surface area contributed by atoms with Crippen LogP contribution in [0.25, 0.3) is 0 Å². The SMILES string of the molecule is O=S(=O)(NCc1cc(C(F)F)on1)c1ccc2c(c1)CCCO2. The van der Waals surface area contributed by atoms with Gasteiger partial charge in [-0.2, -0.15) is 0 Å². The van der Waals surface area contributed by atoms with Gasteiger partial charge in [0.2, 0.25) is 15.8 Å². The highest BCUT2D eigenvalue weighted by molar-refractivity contribution is 7.89. The first-order chi connectivity index (χ1) is 11.0. The van der Waals surface area contributed by atoms with Crippen LogP contribution >= 0.6 is 0 Å². The highest BCUT2D eigenvalue weighted by Gasteiger charge is 2.20. The number of ether oxygens (including phenoxy) is 1. The van der Waals surface area contributed by atoms with Crippen molar-refractivity contribution < 1.29 is 26.5 Å². The van der Waals surface area contributed by atoms with Crippen LogP contribution in [0.15, 0.2) is 33.7 Å². The molecule has 0 saturated carbocycles. The number of sulfonamides is 1. The molecule has 1 N–H and O–H groups in total. The molecule has 1 aromatic heterocycles. The zero-order valence-corrected chi connectivity index (χ0v) is 12.8. The Morgan fingerprint density at radius 1 is 1.30 bits per heavy atom. The van der Waals surface area contributed by atoms with Crippen molar-refractivity contribution in [3.63, 3.8) is 0 Å². The van der Waals surface area contributed by atoms with Gasteiger partial charge < -0.3 is 9.26 Å². The molecule has 1 aliphatic heterocycles. The minimum Gasteiger partial charge on any atom is -0.493 e. The lowest BCUT2D eigenvalue weighted by molar-refractivity contribution is 0.112. The maximum Gasteiger partial charge on any atom is 0.298 e. The smallest absolute Gasteiger partial charge is 0.298 e. The zero-order valence-electron chi connectivity index (χ0n) is 12.0. The van der Waals surface area contributed by atoms with Gasteiger partial charge in [0.25, 0.3) is 6.43 Å². The number of alkyl halides is 2. The monoisotopic (exact) mass is 344 g/mol. The number of halogens is 2. The Morgan fingerprint density at radius 2 is 2.13 bits per heavy atom. The Bertz CT molecular complexity index is 805. The van der Waals surface area contributed by atoms with Crippen LogP contribution in [0.5, 0.6) is 5.75 Å². The average molecular weight is 344 g/mol. The van der Waals surface area contributed by atoms with Gasteiger partial charge in [-0.1, -0.05) is 5.16 Å². The zero-order chi connectivity index (χ0) is 16.4. The van der Waals surface area contributed by atoms with Crippen molar-refractivity contribution in [2.75, 3.05) is 6.61 Å². The summed E-state index contributed by atoms with van der Waals surface area (Å²) in [5, 5.41) is 3.40. The molecule has 0 radical (unpaired) electrons. The Morgan fingerprint density at radius 3 is 2.87 bits per heavy atom. The van der Waals surface area contributed by atoms with Crippen molar-refractivity contribution in [2.24, 2.45) is 0 Å². The molecular weight excluding hydrogens is 330 g/mol. The topological polar surface area (TPSA) is 81.4 Å². The fourth-order valence-corrected chi connectivity index (χ4v) is 3.32. The molecule has 0 atom stereocenters. The number of aryl methyl sites for hydroxylation is 1. The van der Waals surface area contributed by atoms with E-state index in [9.17, 15) is 17.2 Å². The van der Waals surface area contributed by atoms with Crippen LogP contribution < -0.4 is 9.46 Å². The highest BCUT2D eigenvalue weighted by Crippen LogP contribution is 2.27. The number of fused-ring (bicyclic) bond motifs is 1. The van der Waals surface area contributed by atoms with Gasteiger partial charge in [-0.15, -0.1) is 0 Å². The summed E-state index contributed by atoms with van der Waals surface area (Å²) in [6, 6.07) is 5.64. The largest absolute Gasteiger partial charge is 0.493 e. The molecule has 0 spiro atoms. The Labute approximate surface area is 131 Å². The van der Waals surface area contributed by atoms with Gasteiger partial charge in [-0.25, -0.2) is 21.9 Å². The van der Waals surface area contributed by atoms with Crippen molar-refractivity contribution in [3.8, 4) is 5.75 Å². The van der Waals surface area contributed by atoms with E-state index in [0.717, 1.165) is 24.5 Å². The molecule has 1 aromatic carbocycles. The molecule has 6 nitrogen and oxygen atoms in total. The Balaban J connectivity index is 1.73. The number of hydrogen-bond donors (Lipinski definition) is 1. The normalized spacial score (nSPS) is 14.6. The third-order valence-corrected chi connectivity index (χ3v) is 4.82. The van der Waals surface area contributed by atoms with E-state index < -0.39 is 22.2 Å². The van der Waals surface area contributed by atoms with Gasteiger partial charge in [0.05, 0.1) is 23.7 Å². The fraction of sp³-hybridized carbons (Fsp3) is 0.357. The summed E-state index contributed by atoms with van der Waals surface area (Å²) < 4.78 is 61.5. The first-order valence-electron chi connectivity index (χ1n) is 6.95. The van der Waals surface area contributed by atoms with Crippen LogP contribution in [0.3, 0.4) is 0 Å². The van der Waals surface area contributed by atoms with E-state index >= 15 is 0 Å². The van der Waals surface area contributed by atoms with Gasteiger partial charge in [0.1, 0.15) is 5.75 Å². The first-order valence-corrected chi connectivity index (χ1v) is 8.43. The predicted molar refractivity (Wildman–Crippen MR) is 75.7 cm³/mol. The summed E-state index contributed by atoms with van der Waals surface area (Å²) in [5.74, 6) is 0.0957. The molecule has 3 rings (SSSR count). The molecule has 2 heterocycles. The summed E-state index contributed by atoms with van der Waals surface area (Å²) in [5.41, 5.74) is 0.922. The molecular formula is C14H14F2N2O4S. The summed E-state index contributed by atoms with van der Waals surface area (Å²) in [7, 11) is -3.78. The molecule has 0 unspecified atom stereocenters. The van der Waals surface area contributed by atoms with Crippen LogP contribution in [-0.2, 0) is 23.0 Å². The fourth-order valence-electron chi connectivity index (χ4n) is 2.27. The molecule has 2 aromatic rings. The first kappa shape index (κ1) is 15.9. The van der Waals surface area contributed by atoms with E-state index in [-0.39, 0.29) is 17.1 Å². The van der Waals surface area contributed by atoms with Crippen LogP contribution in [-0.4, -0.2) is 20.2 Å². The minimum absolute atomic E-state index is 0.0881. The molecule has 1 aliphatic rings. The van der Waals surface area contributed by atoms with Crippen LogP contribution in [0.2, 0.25) is 0 Å². The average Bonchev–Trinajstić information content (AvgIpc) is 3.02. The number of hydrogen-bond acceptors (Lipinski definition) is 5. The van der Waals surface area contributed by atoms with Crippen LogP contribution in [0.1, 0.15) is 29.9 Å². The van der Waals surface area contributed by atoms with E-state index in [1.807, 2.05) is 0 Å². The van der Waals surface area contributed by atoms with Gasteiger partial charge in [-0.3, -0.25) is 0 Å². The predicted octanol–water partition coefficient (Wildman–Crippen LogP) is 2.42. The van der Waals surface area contributed by atoms with Crippen molar-refractivity contribution in [3.05, 3.63) is 41.3 Å². The maximum absolute atomic E-state index is 12.4. The number of nitrogens with one attached hydrogen (secondary N) is 1. The molecule has 0 bridgehead atoms. The summed E-state index contributed by atoms with van der Waals surface area (Å²) in [6.45, 7) is 0.391. The number of nitrogens with zero attached hydrogens (tertiary/aromatic N) is 1. The summed E-state index contributed by atoms with van der Waals surface area (Å²) in [6.07, 6.45) is -1.20. The number of benzene rings is 1. The molecule has 23 heavy (non-hydrogen) atoms. The molecule has 0 amide bonds. The van der Waals surface area contributed by atoms with E-state index in [0.29, 0.717) is 12.4 Å². The maximum atomic E-state index is 12.4.